The Labute approximate surface area is 212 Å². The summed E-state index contributed by atoms with van der Waals surface area (Å²) in [5, 5.41) is 5.53. The number of nitrogens with zero attached hydrogens (tertiary/aromatic N) is 7. The maximum Gasteiger partial charge on any atom is 0.332 e. The topological polar surface area (TPSA) is 178 Å². The Bertz CT molecular complexity index is 1430. The first kappa shape index (κ1) is 25.8. The average Bonchev–Trinajstić information content (AvgIpc) is 3.25. The molecule has 4 rings (SSSR count). The van der Waals surface area contributed by atoms with Crippen molar-refractivity contribution in [2.24, 2.45) is 19.9 Å². The number of hydrazine groups is 1. The fourth-order valence-corrected chi connectivity index (χ4v) is 4.28. The lowest BCUT2D eigenvalue weighted by atomic mass is 10.0. The van der Waals surface area contributed by atoms with Crippen LogP contribution < -0.4 is 38.1 Å². The molecule has 14 nitrogen and oxygen atoms in total. The Morgan fingerprint density at radius 3 is 2.46 bits per heavy atom. The first-order chi connectivity index (χ1) is 17.5. The Morgan fingerprint density at radius 1 is 1.14 bits per heavy atom. The Balaban J connectivity index is 1.49. The van der Waals surface area contributed by atoms with Gasteiger partial charge in [-0.3, -0.25) is 18.7 Å². The molecule has 5 N–H and O–H groups in total. The largest absolute Gasteiger partial charge is 0.366 e. The minimum atomic E-state index is -0.873. The van der Waals surface area contributed by atoms with Gasteiger partial charge in [-0.15, -0.1) is 0 Å². The number of carbonyl (C=O) groups excluding carboxylic acids is 1. The molecule has 0 radical (unpaired) electrons. The summed E-state index contributed by atoms with van der Waals surface area (Å²) in [6.07, 6.45) is 7.03. The molecule has 0 unspecified atom stereocenters. The molecule has 37 heavy (non-hydrogen) atoms. The molecule has 3 aromatic rings. The number of hydrogen-bond acceptors (Lipinski definition) is 11. The second-order valence-corrected chi connectivity index (χ2v) is 9.53. The summed E-state index contributed by atoms with van der Waals surface area (Å²) in [5.41, 5.74) is 1.75. The summed E-state index contributed by atoms with van der Waals surface area (Å²) in [4.78, 5) is 57.5. The molecule has 0 aliphatic carbocycles. The Hall–Kier alpha value is -4.33. The third-order valence-corrected chi connectivity index (χ3v) is 6.50. The Morgan fingerprint density at radius 2 is 1.84 bits per heavy atom. The van der Waals surface area contributed by atoms with Crippen molar-refractivity contribution in [3.63, 3.8) is 0 Å². The van der Waals surface area contributed by atoms with Gasteiger partial charge in [0.05, 0.1) is 5.56 Å². The van der Waals surface area contributed by atoms with Crippen LogP contribution in [0.3, 0.4) is 0 Å². The van der Waals surface area contributed by atoms with Crippen molar-refractivity contribution in [1.29, 1.82) is 0 Å². The van der Waals surface area contributed by atoms with Crippen LogP contribution in [0.25, 0.3) is 11.4 Å². The molecule has 196 valence electrons. The molecule has 1 fully saturated rings. The molecule has 1 aliphatic heterocycles. The van der Waals surface area contributed by atoms with E-state index in [0.29, 0.717) is 17.3 Å². The van der Waals surface area contributed by atoms with E-state index in [-0.39, 0.29) is 22.9 Å². The summed E-state index contributed by atoms with van der Waals surface area (Å²) in [6, 6.07) is 0.677. The standard InChI is InChI=1S/C23H31N11O3/c1-13(28-16-18(31-24)32(4)22(37)33(5)20(16)36)19(35)30-15-7-9-25-17(29-15)14-11-26-21(27-12-14)34-10-6-8-23(34,2)3/h7,9,11-13,28,31H,6,8,10,24H2,1-5H3,(H,25,29,30,35)/t13-/m0/s1. The van der Waals surface area contributed by atoms with Gasteiger partial charge in [0.1, 0.15) is 17.5 Å². The van der Waals surface area contributed by atoms with Crippen LogP contribution in [0.2, 0.25) is 0 Å². The van der Waals surface area contributed by atoms with Crippen LogP contribution in [0.4, 0.5) is 23.3 Å². The highest BCUT2D eigenvalue weighted by atomic mass is 16.2. The van der Waals surface area contributed by atoms with E-state index in [0.717, 1.165) is 24.0 Å². The fraction of sp³-hybridized carbons (Fsp3) is 0.435. The average molecular weight is 510 g/mol. The minimum absolute atomic E-state index is 0.00652. The van der Waals surface area contributed by atoms with Gasteiger partial charge in [0.15, 0.2) is 11.6 Å². The third kappa shape index (κ3) is 5.00. The van der Waals surface area contributed by atoms with Crippen LogP contribution in [-0.4, -0.2) is 53.1 Å². The fourth-order valence-electron chi connectivity index (χ4n) is 4.28. The highest BCUT2D eigenvalue weighted by Gasteiger charge is 2.33. The van der Waals surface area contributed by atoms with Gasteiger partial charge < -0.3 is 21.0 Å². The van der Waals surface area contributed by atoms with E-state index >= 15 is 0 Å². The van der Waals surface area contributed by atoms with E-state index in [2.05, 4.69) is 54.7 Å². The summed E-state index contributed by atoms with van der Waals surface area (Å²) < 4.78 is 2.09. The van der Waals surface area contributed by atoms with Crippen LogP contribution in [-0.2, 0) is 18.9 Å². The molecule has 0 bridgehead atoms. The molecule has 1 amide bonds. The summed E-state index contributed by atoms with van der Waals surface area (Å²) in [7, 11) is 2.79. The van der Waals surface area contributed by atoms with Gasteiger partial charge in [-0.05, 0) is 39.7 Å². The van der Waals surface area contributed by atoms with E-state index in [4.69, 9.17) is 5.84 Å². The van der Waals surface area contributed by atoms with E-state index in [1.165, 1.54) is 24.9 Å². The van der Waals surface area contributed by atoms with Gasteiger partial charge in [-0.1, -0.05) is 0 Å². The van der Waals surface area contributed by atoms with Crippen LogP contribution >= 0.6 is 0 Å². The second-order valence-electron chi connectivity index (χ2n) is 9.53. The molecule has 0 aromatic carbocycles. The van der Waals surface area contributed by atoms with E-state index < -0.39 is 23.2 Å². The predicted octanol–water partition coefficient (Wildman–Crippen LogP) is 0.435. The number of nitrogen functional groups attached to an aromatic ring is 1. The maximum absolute atomic E-state index is 12.9. The second kappa shape index (κ2) is 9.97. The van der Waals surface area contributed by atoms with E-state index in [1.807, 2.05) is 0 Å². The number of nitrogens with one attached hydrogen (secondary N) is 3. The minimum Gasteiger partial charge on any atom is -0.366 e. The highest BCUT2D eigenvalue weighted by molar-refractivity contribution is 5.96. The normalized spacial score (nSPS) is 15.4. The van der Waals surface area contributed by atoms with Crippen molar-refractivity contribution >= 4 is 29.2 Å². The SMILES string of the molecule is C[C@H](Nc1c(NN)n(C)c(=O)n(C)c1=O)C(=O)Nc1ccnc(-c2cnc(N3CCCC3(C)C)nc2)n1. The Kier molecular flexibility index (Phi) is 6.94. The van der Waals surface area contributed by atoms with Crippen LogP contribution in [0.5, 0.6) is 0 Å². The molecule has 14 heteroatoms. The van der Waals surface area contributed by atoms with Crippen molar-refractivity contribution < 1.29 is 4.79 Å². The molecule has 3 aromatic heterocycles. The maximum atomic E-state index is 12.9. The van der Waals surface area contributed by atoms with Gasteiger partial charge >= 0.3 is 5.69 Å². The first-order valence-electron chi connectivity index (χ1n) is 11.8. The molecule has 4 heterocycles. The summed E-state index contributed by atoms with van der Waals surface area (Å²) >= 11 is 0. The number of amides is 1. The van der Waals surface area contributed by atoms with Crippen LogP contribution in [0.1, 0.15) is 33.6 Å². The number of anilines is 4. The number of aromatic nitrogens is 6. The van der Waals surface area contributed by atoms with Crippen molar-refractivity contribution in [3.05, 3.63) is 45.5 Å². The zero-order valence-corrected chi connectivity index (χ0v) is 21.4. The quantitative estimate of drug-likeness (QED) is 0.256. The molecule has 1 atom stereocenters. The molecular formula is C23H31N11O3. The summed E-state index contributed by atoms with van der Waals surface area (Å²) in [6.45, 7) is 6.82. The van der Waals surface area contributed by atoms with Crippen molar-refractivity contribution in [3.8, 4) is 11.4 Å². The van der Waals surface area contributed by atoms with Gasteiger partial charge in [-0.2, -0.15) is 0 Å². The van der Waals surface area contributed by atoms with Gasteiger partial charge in [0, 0.05) is 44.8 Å². The third-order valence-electron chi connectivity index (χ3n) is 6.50. The van der Waals surface area contributed by atoms with Crippen LogP contribution in [0.15, 0.2) is 34.2 Å². The zero-order valence-electron chi connectivity index (χ0n) is 21.4. The lowest BCUT2D eigenvalue weighted by Crippen LogP contribution is -2.42. The number of rotatable bonds is 7. The molecule has 1 saturated heterocycles. The molecule has 0 spiro atoms. The van der Waals surface area contributed by atoms with Crippen molar-refractivity contribution in [1.82, 2.24) is 29.1 Å². The monoisotopic (exact) mass is 509 g/mol. The number of nitrogens with two attached hydrogens (primary N) is 1. The van der Waals surface area contributed by atoms with E-state index in [9.17, 15) is 14.4 Å². The van der Waals surface area contributed by atoms with Crippen molar-refractivity contribution in [2.75, 3.05) is 27.5 Å². The van der Waals surface area contributed by atoms with Crippen LogP contribution in [0, 0.1) is 0 Å². The van der Waals surface area contributed by atoms with Gasteiger partial charge in [0.25, 0.3) is 5.56 Å². The van der Waals surface area contributed by atoms with Crippen molar-refractivity contribution in [2.45, 2.75) is 45.2 Å². The zero-order chi connectivity index (χ0) is 26.9. The highest BCUT2D eigenvalue weighted by Crippen LogP contribution is 2.31. The number of carbonyl (C=O) groups is 1. The molecule has 0 saturated carbocycles. The lowest BCUT2D eigenvalue weighted by Gasteiger charge is -2.31. The smallest absolute Gasteiger partial charge is 0.332 e. The first-order valence-corrected chi connectivity index (χ1v) is 11.8. The summed E-state index contributed by atoms with van der Waals surface area (Å²) in [5.74, 6) is 6.38. The number of hydrogen-bond donors (Lipinski definition) is 4. The van der Waals surface area contributed by atoms with Gasteiger partial charge in [-0.25, -0.2) is 30.6 Å². The predicted molar refractivity (Wildman–Crippen MR) is 140 cm³/mol. The molecule has 1 aliphatic rings. The van der Waals surface area contributed by atoms with Gasteiger partial charge in [0.2, 0.25) is 11.9 Å². The molecular weight excluding hydrogens is 478 g/mol. The lowest BCUT2D eigenvalue weighted by molar-refractivity contribution is -0.116. The van der Waals surface area contributed by atoms with E-state index in [1.54, 1.807) is 25.4 Å².